The van der Waals surface area contributed by atoms with E-state index in [1.807, 2.05) is 75.6 Å². The van der Waals surface area contributed by atoms with Gasteiger partial charge in [-0.2, -0.15) is 18.0 Å². The zero-order valence-electron chi connectivity index (χ0n) is 78.6. The van der Waals surface area contributed by atoms with Gasteiger partial charge in [-0.3, -0.25) is 14.2 Å². The standard InChI is InChI=1S/C38H49N3O7S3.C32H39N3O4S2.C32H46N2O3P.BrH/c1-29-18-20-32-31(27-29)38(2,3)35(40(32)24-12-5-9-17-37(42)43)15-7-4-8-16-36-41(25-13-14-26-50(44,45)46)33-21-19-30(28-34(33)49-36)51(47,48)39-22-10-6-11-23-39;1-23-16-18-26-25(21-23)32(2,3)29(35(26)20-12-8-11-15-31(36)37)13-9-7-10-14-30-34(6)27-19-17-24(22-28(27)40-30)41(38,39)33(4)5;1-5-9-23-33(24-10-6-2)30-20-17-28(18-21-30)16-19-29-22-26-34(32-15-12-11-14-31(29)32)25-13-27-38(35,36-7-3)37-8-4;/h4,7-8,15-16,18-21,27-28H,5-6,9-14,17,22-26H2,1-3H3,(H-,42,43,44,45,46);7,9-10,13-14,16-19,21-22H,8,11-12,15,20H2,1-6H3;11-12,14-22,26H,5-10,13,23-25,27H2,1-4H3;1H/q;;+1;. The second kappa shape index (κ2) is 49.6. The van der Waals surface area contributed by atoms with E-state index in [0.29, 0.717) is 63.2 Å². The predicted octanol–water partition coefficient (Wildman–Crippen LogP) is 18.4. The van der Waals surface area contributed by atoms with Crippen LogP contribution in [0.25, 0.3) is 55.6 Å². The Labute approximate surface area is 797 Å². The number of thiazole rings is 2. The minimum absolute atomic E-state index is 0. The summed E-state index contributed by atoms with van der Waals surface area (Å²) in [6.45, 7) is 28.3. The van der Waals surface area contributed by atoms with Crippen molar-refractivity contribution in [2.75, 3.05) is 93.2 Å². The highest BCUT2D eigenvalue weighted by Crippen LogP contribution is 2.51. The molecule has 3 aromatic heterocycles. The first-order valence-electron chi connectivity index (χ1n) is 45.9. The van der Waals surface area contributed by atoms with E-state index in [4.69, 9.17) is 19.3 Å². The molecule has 0 aliphatic carbocycles. The van der Waals surface area contributed by atoms with Crippen LogP contribution >= 0.6 is 30.3 Å². The van der Waals surface area contributed by atoms with Gasteiger partial charge in [0, 0.05) is 161 Å². The van der Waals surface area contributed by atoms with Gasteiger partial charge < -0.3 is 55.5 Å². The van der Waals surface area contributed by atoms with E-state index in [1.165, 1.54) is 123 Å². The molecule has 22 nitrogen and oxygen atoms in total. The van der Waals surface area contributed by atoms with E-state index in [0.717, 1.165) is 120 Å². The first-order valence-corrected chi connectivity index (χ1v) is 53.8. The maximum absolute atomic E-state index is 13.4. The summed E-state index contributed by atoms with van der Waals surface area (Å²) in [5, 5.41) is 21.1. The maximum Gasteiger partial charge on any atom is 0.330 e. The van der Waals surface area contributed by atoms with Crippen LogP contribution in [0.1, 0.15) is 214 Å². The third kappa shape index (κ3) is 28.7. The molecule has 6 aromatic carbocycles. The molecular formula is C102H135BrN8O14PS5+. The van der Waals surface area contributed by atoms with E-state index in [-0.39, 0.29) is 52.0 Å². The summed E-state index contributed by atoms with van der Waals surface area (Å²) < 4.78 is 120. The van der Waals surface area contributed by atoms with E-state index < -0.39 is 55.5 Å². The molecule has 12 rings (SSSR count). The predicted molar refractivity (Wildman–Crippen MR) is 532 cm³/mol. The van der Waals surface area contributed by atoms with Gasteiger partial charge in [0.05, 0.1) is 44.7 Å². The van der Waals surface area contributed by atoms with Gasteiger partial charge in [-0.15, -0.1) is 0 Å². The van der Waals surface area contributed by atoms with Crippen molar-refractivity contribution >= 4 is 145 Å². The van der Waals surface area contributed by atoms with Crippen LogP contribution in [-0.2, 0) is 84.3 Å². The van der Waals surface area contributed by atoms with Crippen LogP contribution in [0.3, 0.4) is 0 Å². The van der Waals surface area contributed by atoms with Gasteiger partial charge in [0.15, 0.2) is 12.7 Å². The normalized spacial score (nSPS) is 15.4. The van der Waals surface area contributed by atoms with E-state index in [9.17, 15) is 44.0 Å². The lowest BCUT2D eigenvalue weighted by molar-refractivity contribution is -0.671. The van der Waals surface area contributed by atoms with Gasteiger partial charge in [-0.1, -0.05) is 205 Å². The first-order chi connectivity index (χ1) is 62.0. The topological polar surface area (TPSA) is 263 Å². The number of anilines is 3. The lowest BCUT2D eigenvalue weighted by Gasteiger charge is -2.27. The number of sulfonamides is 2. The van der Waals surface area contributed by atoms with Crippen LogP contribution in [0, 0.1) is 13.8 Å². The number of unbranched alkanes of at least 4 members (excludes halogenated alkanes) is 7. The number of piperidine rings is 1. The molecule has 0 saturated carbocycles. The fourth-order valence-electron chi connectivity index (χ4n) is 17.0. The summed E-state index contributed by atoms with van der Waals surface area (Å²) in [5.74, 6) is -1.92. The number of carboxylic acid groups (broad SMARTS) is 2. The number of fused-ring (bicyclic) bond motifs is 5. The van der Waals surface area contributed by atoms with Gasteiger partial charge in [0.25, 0.3) is 10.0 Å². The van der Waals surface area contributed by atoms with Crippen LogP contribution in [0.2, 0.25) is 0 Å². The van der Waals surface area contributed by atoms with Crippen LogP contribution in [0.5, 0.6) is 0 Å². The molecule has 9 aromatic rings. The second-order valence-corrected chi connectivity index (χ2v) is 44.7. The van der Waals surface area contributed by atoms with Crippen LogP contribution in [0.4, 0.5) is 17.1 Å². The number of rotatable bonds is 44. The lowest BCUT2D eigenvalue weighted by Crippen LogP contribution is -3.00. The van der Waals surface area contributed by atoms with Crippen molar-refractivity contribution in [2.24, 2.45) is 7.05 Å². The van der Waals surface area contributed by atoms with Gasteiger partial charge in [0.1, 0.15) is 23.0 Å². The number of halogens is 1. The molecule has 131 heavy (non-hydrogen) atoms. The average molecular weight is 1970 g/mol. The highest BCUT2D eigenvalue weighted by Gasteiger charge is 2.42. The summed E-state index contributed by atoms with van der Waals surface area (Å²) in [5.41, 5.74) is 16.1. The molecule has 0 spiro atoms. The SMILES string of the molecule is CCCCN(CCCC)c1ccc(C=Cc2cc[n+](CCCP(=O)(OCC)OCC)c3ccccc23)cc1.Cc1ccc2c(c1)C(C)(C)\C(=C/C=C/C=C/c1sc3cc(S(=O)(=O)N(C)C)ccc3[n+]1C)N2CCCCCC(=O)O.Cc1ccc2c(c1)C(C)(C)\C(=C/C=C/C=C/c1sc3cc(S(=O)(=O)N4CCCCC4)ccc3[n+]1CCCCS(=O)(=O)[O-])N2CCCCCC(=O)O.[Br-]. The smallest absolute Gasteiger partial charge is 0.330 e. The number of carboxylic acids is 2. The zero-order chi connectivity index (χ0) is 94.0. The van der Waals surface area contributed by atoms with Crippen LogP contribution in [-0.4, -0.2) is 139 Å². The zero-order valence-corrected chi connectivity index (χ0v) is 85.1. The van der Waals surface area contributed by atoms with E-state index in [1.54, 1.807) is 39.9 Å². The number of pyridine rings is 1. The highest BCUT2D eigenvalue weighted by atomic mass is 79.9. The fraction of sp³-hybridized carbons (Fsp3) is 0.441. The van der Waals surface area contributed by atoms with Crippen molar-refractivity contribution in [3.63, 3.8) is 0 Å². The Morgan fingerprint density at radius 2 is 1.10 bits per heavy atom. The Balaban J connectivity index is 0.000000223. The molecule has 3 aliphatic heterocycles. The Morgan fingerprint density at radius 3 is 1.65 bits per heavy atom. The molecule has 0 radical (unpaired) electrons. The molecule has 6 heterocycles. The Bertz CT molecular complexity index is 6010. The molecule has 708 valence electrons. The number of carbonyl (C=O) groups is 2. The summed E-state index contributed by atoms with van der Waals surface area (Å²) in [6, 6.07) is 43.2. The number of aliphatic carboxylic acids is 2. The Kier molecular flexibility index (Phi) is 40.1. The number of para-hydroxylation sites is 1. The molecule has 3 aliphatic rings. The number of aromatic nitrogens is 3. The molecule has 29 heteroatoms. The Morgan fingerprint density at radius 1 is 0.565 bits per heavy atom. The van der Waals surface area contributed by atoms with Crippen LogP contribution in [0.15, 0.2) is 203 Å². The van der Waals surface area contributed by atoms with Crippen molar-refractivity contribution in [3.05, 3.63) is 237 Å². The number of aryl methyl sites for hydroxylation is 5. The minimum atomic E-state index is -4.30. The quantitative estimate of drug-likeness (QED) is 0.0118. The van der Waals surface area contributed by atoms with Crippen LogP contribution < -0.4 is 45.4 Å². The largest absolute Gasteiger partial charge is 1.00 e. The second-order valence-electron chi connectivity index (χ2n) is 34.8. The lowest BCUT2D eigenvalue weighted by atomic mass is 9.83. The van der Waals surface area contributed by atoms with E-state index >= 15 is 0 Å². The monoisotopic (exact) mass is 1970 g/mol. The molecule has 0 unspecified atom stereocenters. The molecule has 0 bridgehead atoms. The molecular weight excluding hydrogens is 1830 g/mol. The number of hydrogen-bond donors (Lipinski definition) is 2. The van der Waals surface area contributed by atoms with Crippen molar-refractivity contribution in [2.45, 2.75) is 219 Å². The maximum atomic E-state index is 13.4. The third-order valence-corrected chi connectivity index (χ3v) is 33.0. The third-order valence-electron chi connectivity index (χ3n) is 24.1. The summed E-state index contributed by atoms with van der Waals surface area (Å²) in [7, 11) is -9.35. The summed E-state index contributed by atoms with van der Waals surface area (Å²) in [4.78, 5) is 29.7. The van der Waals surface area contributed by atoms with E-state index in [2.05, 4.69) is 211 Å². The molecule has 2 N–H and O–H groups in total. The number of nitrogens with zero attached hydrogens (tertiary/aromatic N) is 8. The van der Waals surface area contributed by atoms with Gasteiger partial charge >= 0.3 is 19.5 Å². The summed E-state index contributed by atoms with van der Waals surface area (Å²) >= 11 is 3.03. The first kappa shape index (κ1) is 106. The fourth-order valence-corrected chi connectivity index (χ4v) is 24.0. The Hall–Kier alpha value is -8.61. The highest BCUT2D eigenvalue weighted by molar-refractivity contribution is 7.89. The molecule has 1 saturated heterocycles. The number of allylic oxidation sites excluding steroid dienone is 10. The van der Waals surface area contributed by atoms with Crippen molar-refractivity contribution in [1.82, 2.24) is 8.61 Å². The van der Waals surface area contributed by atoms with Gasteiger partial charge in [-0.25, -0.2) is 29.6 Å². The van der Waals surface area contributed by atoms with Crippen molar-refractivity contribution in [1.29, 1.82) is 0 Å². The van der Waals surface area contributed by atoms with Crippen molar-refractivity contribution in [3.8, 4) is 0 Å². The summed E-state index contributed by atoms with van der Waals surface area (Å²) in [6.07, 6.45) is 41.6. The molecule has 0 amide bonds. The average Bonchev–Trinajstić information content (AvgIpc) is 1.58. The van der Waals surface area contributed by atoms with Crippen molar-refractivity contribution < 1.29 is 93.9 Å². The minimum Gasteiger partial charge on any atom is -1.00 e. The number of hydrogen-bond acceptors (Lipinski definition) is 17. The van der Waals surface area contributed by atoms with Gasteiger partial charge in [0.2, 0.25) is 36.6 Å². The molecule has 0 atom stereocenters. The van der Waals surface area contributed by atoms with Gasteiger partial charge in [-0.05, 0) is 174 Å². The number of benzene rings is 6. The molecule has 1 fully saturated rings.